The van der Waals surface area contributed by atoms with E-state index in [-0.39, 0.29) is 0 Å². The number of anilines is 1. The first-order chi connectivity index (χ1) is 10.1. The SMILES string of the molecule is COCCCN(CCOC)c1cc(C#N)ccc1[C@H](C)O. The van der Waals surface area contributed by atoms with Crippen molar-refractivity contribution in [3.05, 3.63) is 29.3 Å². The summed E-state index contributed by atoms with van der Waals surface area (Å²) in [5.41, 5.74) is 2.29. The van der Waals surface area contributed by atoms with E-state index in [9.17, 15) is 5.11 Å². The third kappa shape index (κ3) is 5.35. The summed E-state index contributed by atoms with van der Waals surface area (Å²) in [4.78, 5) is 2.13. The van der Waals surface area contributed by atoms with Gasteiger partial charge in [-0.3, -0.25) is 0 Å². The molecule has 0 saturated carbocycles. The Hall–Kier alpha value is -1.61. The minimum absolute atomic E-state index is 0.583. The molecule has 0 spiro atoms. The first kappa shape index (κ1) is 17.4. The van der Waals surface area contributed by atoms with Gasteiger partial charge >= 0.3 is 0 Å². The molecule has 0 aliphatic carbocycles. The number of ether oxygens (including phenoxy) is 2. The van der Waals surface area contributed by atoms with Crippen molar-refractivity contribution in [3.8, 4) is 6.07 Å². The molecule has 0 bridgehead atoms. The van der Waals surface area contributed by atoms with Gasteiger partial charge in [0.05, 0.1) is 24.3 Å². The first-order valence-electron chi connectivity index (χ1n) is 7.09. The van der Waals surface area contributed by atoms with Crippen LogP contribution in [0.1, 0.15) is 30.6 Å². The van der Waals surface area contributed by atoms with Crippen molar-refractivity contribution < 1.29 is 14.6 Å². The molecule has 1 rings (SSSR count). The number of rotatable bonds is 9. The number of benzene rings is 1. The standard InChI is InChI=1S/C16H24N2O3/c1-13(19)15-6-5-14(12-17)11-16(15)18(8-10-21-3)7-4-9-20-2/h5-6,11,13,19H,4,7-10H2,1-3H3/t13-/m0/s1. The molecular formula is C16H24N2O3. The second-order valence-corrected chi connectivity index (χ2v) is 4.89. The first-order valence-corrected chi connectivity index (χ1v) is 7.09. The van der Waals surface area contributed by atoms with Gasteiger partial charge in [-0.15, -0.1) is 0 Å². The van der Waals surface area contributed by atoms with E-state index in [1.165, 1.54) is 0 Å². The van der Waals surface area contributed by atoms with E-state index in [1.54, 1.807) is 27.2 Å². The molecule has 0 amide bonds. The predicted octanol–water partition coefficient (Wildman–Crippen LogP) is 2.10. The van der Waals surface area contributed by atoms with Gasteiger partial charge in [0.15, 0.2) is 0 Å². The third-order valence-corrected chi connectivity index (χ3v) is 3.29. The fraction of sp³-hybridized carbons (Fsp3) is 0.562. The Morgan fingerprint density at radius 2 is 1.95 bits per heavy atom. The fourth-order valence-electron chi connectivity index (χ4n) is 2.19. The molecule has 0 heterocycles. The van der Waals surface area contributed by atoms with Crippen molar-refractivity contribution in [2.45, 2.75) is 19.4 Å². The van der Waals surface area contributed by atoms with E-state index < -0.39 is 6.10 Å². The number of methoxy groups -OCH3 is 2. The quantitative estimate of drug-likeness (QED) is 0.706. The molecule has 1 aromatic carbocycles. The van der Waals surface area contributed by atoms with E-state index in [4.69, 9.17) is 14.7 Å². The van der Waals surface area contributed by atoms with Crippen LogP contribution in [0.2, 0.25) is 0 Å². The molecule has 1 atom stereocenters. The van der Waals surface area contributed by atoms with Crippen LogP contribution in [-0.2, 0) is 9.47 Å². The van der Waals surface area contributed by atoms with Crippen LogP contribution in [0.3, 0.4) is 0 Å². The Balaban J connectivity index is 3.04. The molecule has 21 heavy (non-hydrogen) atoms. The van der Waals surface area contributed by atoms with E-state index >= 15 is 0 Å². The van der Waals surface area contributed by atoms with Crippen molar-refractivity contribution in [1.29, 1.82) is 5.26 Å². The van der Waals surface area contributed by atoms with Crippen LogP contribution in [0.15, 0.2) is 18.2 Å². The molecule has 1 aromatic rings. The topological polar surface area (TPSA) is 65.7 Å². The Labute approximate surface area is 126 Å². The Bertz CT molecular complexity index is 469. The lowest BCUT2D eigenvalue weighted by Gasteiger charge is -2.28. The minimum atomic E-state index is -0.583. The van der Waals surface area contributed by atoms with Crippen LogP contribution >= 0.6 is 0 Å². The summed E-state index contributed by atoms with van der Waals surface area (Å²) >= 11 is 0. The maximum atomic E-state index is 9.95. The van der Waals surface area contributed by atoms with Gasteiger partial charge in [-0.2, -0.15) is 5.26 Å². The average Bonchev–Trinajstić information content (AvgIpc) is 2.50. The number of nitriles is 1. The average molecular weight is 292 g/mol. The summed E-state index contributed by atoms with van der Waals surface area (Å²) in [6.45, 7) is 4.48. The Morgan fingerprint density at radius 1 is 1.24 bits per heavy atom. The third-order valence-electron chi connectivity index (χ3n) is 3.29. The number of hydrogen-bond donors (Lipinski definition) is 1. The highest BCUT2D eigenvalue weighted by molar-refractivity contribution is 5.58. The molecule has 0 aromatic heterocycles. The van der Waals surface area contributed by atoms with Gasteiger partial charge < -0.3 is 19.5 Å². The second-order valence-electron chi connectivity index (χ2n) is 4.89. The number of nitrogens with zero attached hydrogens (tertiary/aromatic N) is 2. The summed E-state index contributed by atoms with van der Waals surface area (Å²) in [5, 5.41) is 19.0. The number of aliphatic hydroxyl groups excluding tert-OH is 1. The maximum absolute atomic E-state index is 9.95. The molecule has 0 fully saturated rings. The summed E-state index contributed by atoms with van der Waals surface area (Å²) in [7, 11) is 3.34. The van der Waals surface area contributed by atoms with Gasteiger partial charge in [0.25, 0.3) is 0 Å². The van der Waals surface area contributed by atoms with Gasteiger partial charge in [0, 0.05) is 45.2 Å². The Morgan fingerprint density at radius 3 is 2.52 bits per heavy atom. The maximum Gasteiger partial charge on any atom is 0.0992 e. The zero-order chi connectivity index (χ0) is 15.7. The fourth-order valence-corrected chi connectivity index (χ4v) is 2.19. The lowest BCUT2D eigenvalue weighted by atomic mass is 10.0. The largest absolute Gasteiger partial charge is 0.389 e. The summed E-state index contributed by atoms with van der Waals surface area (Å²) in [5.74, 6) is 0. The van der Waals surface area contributed by atoms with Gasteiger partial charge in [-0.25, -0.2) is 0 Å². The van der Waals surface area contributed by atoms with E-state index in [0.717, 1.165) is 24.2 Å². The van der Waals surface area contributed by atoms with Crippen LogP contribution in [0.25, 0.3) is 0 Å². The molecule has 0 radical (unpaired) electrons. The van der Waals surface area contributed by atoms with Crippen molar-refractivity contribution in [1.82, 2.24) is 0 Å². The van der Waals surface area contributed by atoms with E-state index in [0.29, 0.717) is 25.3 Å². The molecule has 116 valence electrons. The van der Waals surface area contributed by atoms with Crippen molar-refractivity contribution in [2.75, 3.05) is 45.4 Å². The van der Waals surface area contributed by atoms with Gasteiger partial charge in [-0.05, 0) is 25.5 Å². The molecule has 0 saturated heterocycles. The summed E-state index contributed by atoms with van der Waals surface area (Å²) < 4.78 is 10.3. The molecule has 5 heteroatoms. The molecule has 1 N–H and O–H groups in total. The highest BCUT2D eigenvalue weighted by Gasteiger charge is 2.15. The van der Waals surface area contributed by atoms with Crippen LogP contribution in [0.5, 0.6) is 0 Å². The number of hydrogen-bond acceptors (Lipinski definition) is 5. The molecule has 0 aliphatic heterocycles. The normalized spacial score (nSPS) is 12.0. The zero-order valence-corrected chi connectivity index (χ0v) is 13.0. The molecular weight excluding hydrogens is 268 g/mol. The monoisotopic (exact) mass is 292 g/mol. The summed E-state index contributed by atoms with van der Waals surface area (Å²) in [6.07, 6.45) is 0.288. The van der Waals surface area contributed by atoms with Crippen molar-refractivity contribution in [2.24, 2.45) is 0 Å². The summed E-state index contributed by atoms with van der Waals surface area (Å²) in [6, 6.07) is 7.52. The van der Waals surface area contributed by atoms with E-state index in [2.05, 4.69) is 11.0 Å². The highest BCUT2D eigenvalue weighted by atomic mass is 16.5. The molecule has 5 nitrogen and oxygen atoms in total. The molecule has 0 unspecified atom stereocenters. The predicted molar refractivity (Wildman–Crippen MR) is 82.4 cm³/mol. The minimum Gasteiger partial charge on any atom is -0.389 e. The smallest absolute Gasteiger partial charge is 0.0992 e. The highest BCUT2D eigenvalue weighted by Crippen LogP contribution is 2.27. The van der Waals surface area contributed by atoms with Crippen LogP contribution in [-0.4, -0.2) is 45.6 Å². The zero-order valence-electron chi connectivity index (χ0n) is 13.0. The van der Waals surface area contributed by atoms with Crippen molar-refractivity contribution in [3.63, 3.8) is 0 Å². The second kappa shape index (κ2) is 9.35. The van der Waals surface area contributed by atoms with Crippen LogP contribution in [0, 0.1) is 11.3 Å². The number of aliphatic hydroxyl groups is 1. The lowest BCUT2D eigenvalue weighted by Crippen LogP contribution is -2.30. The van der Waals surface area contributed by atoms with Gasteiger partial charge in [0.2, 0.25) is 0 Å². The van der Waals surface area contributed by atoms with E-state index in [1.807, 2.05) is 12.1 Å². The van der Waals surface area contributed by atoms with Crippen LogP contribution in [0.4, 0.5) is 5.69 Å². The van der Waals surface area contributed by atoms with Gasteiger partial charge in [0.1, 0.15) is 0 Å². The molecule has 0 aliphatic rings. The van der Waals surface area contributed by atoms with Crippen LogP contribution < -0.4 is 4.90 Å². The Kier molecular flexibility index (Phi) is 7.76. The van der Waals surface area contributed by atoms with Crippen molar-refractivity contribution >= 4 is 5.69 Å². The van der Waals surface area contributed by atoms with Gasteiger partial charge in [-0.1, -0.05) is 6.07 Å². The lowest BCUT2D eigenvalue weighted by molar-refractivity contribution is 0.189.